The van der Waals surface area contributed by atoms with Gasteiger partial charge in [-0.3, -0.25) is 4.84 Å². The van der Waals surface area contributed by atoms with Crippen LogP contribution in [0.1, 0.15) is 77.0 Å². The highest BCUT2D eigenvalue weighted by Gasteiger charge is 2.44. The summed E-state index contributed by atoms with van der Waals surface area (Å²) in [5.41, 5.74) is 7.11. The van der Waals surface area contributed by atoms with E-state index in [0.717, 1.165) is 12.8 Å². The Morgan fingerprint density at radius 1 is 0.553 bits per heavy atom. The number of rotatable bonds is 19. The van der Waals surface area contributed by atoms with Crippen LogP contribution in [-0.4, -0.2) is 18.8 Å². The second kappa shape index (κ2) is 17.8. The zero-order chi connectivity index (χ0) is 26.7. The monoisotopic (exact) mass is 533 g/mol. The fraction of sp³-hybridized carbons (Fsp3) is 0.424. The van der Waals surface area contributed by atoms with Crippen molar-refractivity contribution in [1.82, 2.24) is 5.48 Å². The maximum atomic E-state index is 10.5. The summed E-state index contributed by atoms with van der Waals surface area (Å²) in [6, 6.07) is 33.1. The van der Waals surface area contributed by atoms with Crippen molar-refractivity contribution in [1.29, 1.82) is 0 Å². The molecule has 0 aliphatic carbocycles. The smallest absolute Gasteiger partial charge is 0.336 e. The highest BCUT2D eigenvalue weighted by atomic mass is 31.2. The van der Waals surface area contributed by atoms with Gasteiger partial charge >= 0.3 is 6.03 Å². The molecular weight excluding hydrogens is 487 g/mol. The summed E-state index contributed by atoms with van der Waals surface area (Å²) in [6.07, 6.45) is 16.5. The van der Waals surface area contributed by atoms with Gasteiger partial charge in [0.05, 0.1) is 12.8 Å². The average molecular weight is 534 g/mol. The van der Waals surface area contributed by atoms with Gasteiger partial charge in [-0.05, 0) is 55.7 Å². The molecule has 3 aromatic carbocycles. The van der Waals surface area contributed by atoms with Crippen molar-refractivity contribution < 1.29 is 9.63 Å². The van der Waals surface area contributed by atoms with Gasteiger partial charge < -0.3 is 5.73 Å². The largest absolute Gasteiger partial charge is 0.350 e. The molecule has 0 radical (unpaired) electrons. The van der Waals surface area contributed by atoms with Crippen molar-refractivity contribution in [2.24, 2.45) is 5.73 Å². The van der Waals surface area contributed by atoms with Gasteiger partial charge in [0.1, 0.15) is 23.2 Å². The molecule has 0 saturated heterocycles. The van der Waals surface area contributed by atoms with E-state index in [0.29, 0.717) is 6.61 Å². The molecule has 0 saturated carbocycles. The number of carbonyl (C=O) groups excluding carboxylic acids is 1. The third kappa shape index (κ3) is 9.89. The molecule has 3 aromatic rings. The molecule has 0 aromatic heterocycles. The van der Waals surface area contributed by atoms with E-state index in [1.807, 2.05) is 0 Å². The second-order valence-corrected chi connectivity index (χ2v) is 13.7. The lowest BCUT2D eigenvalue weighted by Crippen LogP contribution is -2.33. The summed E-state index contributed by atoms with van der Waals surface area (Å²) < 4.78 is 0. The average Bonchev–Trinajstić information content (AvgIpc) is 2.96. The van der Waals surface area contributed by atoms with Crippen LogP contribution in [0.3, 0.4) is 0 Å². The van der Waals surface area contributed by atoms with Crippen LogP contribution in [0.2, 0.25) is 0 Å². The Labute approximate surface area is 230 Å². The minimum absolute atomic E-state index is 0.536. The molecule has 0 atom stereocenters. The molecule has 4 nitrogen and oxygen atoms in total. The minimum atomic E-state index is -1.68. The van der Waals surface area contributed by atoms with Crippen molar-refractivity contribution in [3.05, 3.63) is 91.0 Å². The standard InChI is InChI=1S/C33H45N2O2P/c34-33(36)35-37-28-20-9-7-5-3-1-2-4-6-8-10-21-29-38(30-22-14-11-15-23-30,31-24-16-12-17-25-31)32-26-18-13-19-27-32/h11-19,22-27H,1-10,20-21,28-29H2,(H2-,34,35,36)/p+1. The molecule has 0 aliphatic heterocycles. The summed E-state index contributed by atoms with van der Waals surface area (Å²) in [4.78, 5) is 15.5. The van der Waals surface area contributed by atoms with Gasteiger partial charge in [0.2, 0.25) is 0 Å². The molecule has 204 valence electrons. The maximum absolute atomic E-state index is 10.5. The van der Waals surface area contributed by atoms with Gasteiger partial charge in [0.15, 0.2) is 0 Å². The SMILES string of the molecule is NC(=O)NOCCCCCCCCCCCCCC[P+](c1ccccc1)(c1ccccc1)c1ccccc1. The molecule has 5 heteroatoms. The van der Waals surface area contributed by atoms with Crippen LogP contribution in [-0.2, 0) is 4.84 Å². The normalized spacial score (nSPS) is 11.4. The summed E-state index contributed by atoms with van der Waals surface area (Å²) in [5.74, 6) is 0. The van der Waals surface area contributed by atoms with Crippen LogP contribution in [0.5, 0.6) is 0 Å². The first-order valence-electron chi connectivity index (χ1n) is 14.5. The Bertz CT molecular complexity index is 918. The van der Waals surface area contributed by atoms with Crippen molar-refractivity contribution in [3.63, 3.8) is 0 Å². The molecule has 0 heterocycles. The molecule has 2 amide bonds. The Morgan fingerprint density at radius 3 is 1.26 bits per heavy atom. The Hall–Kier alpha value is -2.68. The number of nitrogens with two attached hydrogens (primary N) is 1. The molecule has 0 unspecified atom stereocenters. The van der Waals surface area contributed by atoms with Crippen LogP contribution in [0.4, 0.5) is 4.79 Å². The van der Waals surface area contributed by atoms with E-state index in [4.69, 9.17) is 10.6 Å². The molecule has 0 spiro atoms. The van der Waals surface area contributed by atoms with E-state index in [1.165, 1.54) is 86.3 Å². The molecule has 38 heavy (non-hydrogen) atoms. The summed E-state index contributed by atoms with van der Waals surface area (Å²) in [5, 5.41) is 4.48. The molecule has 0 aliphatic rings. The lowest BCUT2D eigenvalue weighted by molar-refractivity contribution is 0.0616. The number of unbranched alkanes of at least 4 members (excludes halogenated alkanes) is 11. The Balaban J connectivity index is 1.38. The summed E-state index contributed by atoms with van der Waals surface area (Å²) in [7, 11) is -1.68. The number of amides is 2. The molecule has 0 fully saturated rings. The number of carbonyl (C=O) groups is 1. The zero-order valence-electron chi connectivity index (χ0n) is 22.9. The number of primary amides is 1. The van der Waals surface area contributed by atoms with E-state index in [-0.39, 0.29) is 0 Å². The van der Waals surface area contributed by atoms with E-state index < -0.39 is 13.3 Å². The fourth-order valence-electron chi connectivity index (χ4n) is 5.30. The first-order valence-corrected chi connectivity index (χ1v) is 16.4. The number of benzene rings is 3. The number of urea groups is 1. The second-order valence-electron chi connectivity index (χ2n) is 10.1. The van der Waals surface area contributed by atoms with Gasteiger partial charge in [-0.2, -0.15) is 0 Å². The third-order valence-electron chi connectivity index (χ3n) is 7.25. The third-order valence-corrected chi connectivity index (χ3v) is 11.8. The van der Waals surface area contributed by atoms with Crippen molar-refractivity contribution in [2.75, 3.05) is 12.8 Å². The Kier molecular flexibility index (Phi) is 14.0. The summed E-state index contributed by atoms with van der Waals surface area (Å²) in [6.45, 7) is 0.536. The van der Waals surface area contributed by atoms with E-state index in [1.54, 1.807) is 0 Å². The predicted molar refractivity (Wildman–Crippen MR) is 164 cm³/mol. The van der Waals surface area contributed by atoms with Crippen LogP contribution in [0.25, 0.3) is 0 Å². The van der Waals surface area contributed by atoms with Crippen LogP contribution < -0.4 is 27.1 Å². The molecular formula is C33H46N2O2P+. The molecule has 3 N–H and O–H groups in total. The quantitative estimate of drug-likeness (QED) is 0.0967. The van der Waals surface area contributed by atoms with E-state index >= 15 is 0 Å². The Morgan fingerprint density at radius 2 is 0.895 bits per heavy atom. The lowest BCUT2D eigenvalue weighted by atomic mass is 10.1. The van der Waals surface area contributed by atoms with Gasteiger partial charge in [0.25, 0.3) is 0 Å². The van der Waals surface area contributed by atoms with Crippen molar-refractivity contribution in [2.45, 2.75) is 77.0 Å². The van der Waals surface area contributed by atoms with Crippen LogP contribution >= 0.6 is 7.26 Å². The first kappa shape index (κ1) is 29.9. The van der Waals surface area contributed by atoms with Crippen LogP contribution in [0, 0.1) is 0 Å². The van der Waals surface area contributed by atoms with Crippen molar-refractivity contribution in [3.8, 4) is 0 Å². The topological polar surface area (TPSA) is 64.4 Å². The number of hydrogen-bond acceptors (Lipinski definition) is 2. The van der Waals surface area contributed by atoms with Gasteiger partial charge in [-0.15, -0.1) is 0 Å². The van der Waals surface area contributed by atoms with Gasteiger partial charge in [-0.1, -0.05) is 112 Å². The van der Waals surface area contributed by atoms with Crippen LogP contribution in [0.15, 0.2) is 91.0 Å². The highest BCUT2D eigenvalue weighted by Crippen LogP contribution is 2.56. The van der Waals surface area contributed by atoms with Gasteiger partial charge in [-0.25, -0.2) is 10.3 Å². The van der Waals surface area contributed by atoms with E-state index in [9.17, 15) is 4.79 Å². The van der Waals surface area contributed by atoms with Gasteiger partial charge in [0, 0.05) is 0 Å². The zero-order valence-corrected chi connectivity index (χ0v) is 23.8. The van der Waals surface area contributed by atoms with E-state index in [2.05, 4.69) is 96.5 Å². The number of hydroxylamine groups is 1. The summed E-state index contributed by atoms with van der Waals surface area (Å²) >= 11 is 0. The maximum Gasteiger partial charge on any atom is 0.336 e. The first-order chi connectivity index (χ1) is 18.7. The van der Waals surface area contributed by atoms with Crippen molar-refractivity contribution >= 4 is 29.2 Å². The minimum Gasteiger partial charge on any atom is -0.350 e. The number of hydrogen-bond donors (Lipinski definition) is 2. The molecule has 3 rings (SSSR count). The highest BCUT2D eigenvalue weighted by molar-refractivity contribution is 7.95. The predicted octanol–water partition coefficient (Wildman–Crippen LogP) is 7.26. The number of nitrogens with one attached hydrogen (secondary N) is 1. The fourth-order valence-corrected chi connectivity index (χ4v) is 9.71. The lowest BCUT2D eigenvalue weighted by Gasteiger charge is -2.27. The molecule has 0 bridgehead atoms.